The van der Waals surface area contributed by atoms with E-state index >= 15 is 0 Å². The topological polar surface area (TPSA) is 74.3 Å². The molecular formula is C26H29NO6S. The number of fused-ring (bicyclic) bond motifs is 4. The van der Waals surface area contributed by atoms with Gasteiger partial charge in [-0.2, -0.15) is 8.42 Å². The maximum absolute atomic E-state index is 12.9. The Labute approximate surface area is 201 Å². The summed E-state index contributed by atoms with van der Waals surface area (Å²) in [6.45, 7) is 8.51. The van der Waals surface area contributed by atoms with Crippen molar-refractivity contribution in [3.05, 3.63) is 82.8 Å². The molecule has 34 heavy (non-hydrogen) atoms. The fourth-order valence-corrected chi connectivity index (χ4v) is 5.68. The van der Waals surface area contributed by atoms with Crippen molar-refractivity contribution >= 4 is 10.1 Å². The van der Waals surface area contributed by atoms with Crippen molar-refractivity contribution in [2.75, 3.05) is 27.9 Å². The van der Waals surface area contributed by atoms with E-state index in [1.54, 1.807) is 20.3 Å². The van der Waals surface area contributed by atoms with E-state index in [0.29, 0.717) is 24.5 Å². The second kappa shape index (κ2) is 9.56. The molecule has 0 aliphatic carbocycles. The van der Waals surface area contributed by atoms with E-state index in [-0.39, 0.29) is 16.7 Å². The standard InChI is InChI=1S/C26H29NO6S/c1-6-8-19(7-2)34(28,29)33-26-21-16-27-12-11-18-14-24(31-4)25(32-5)15-20(18)22(27)13-17(21)9-10-23(26)30-3/h6-10,14-15,22H,1-2,11-13,16H2,3-5H3/b19-8+. The third-order valence-corrected chi connectivity index (χ3v) is 7.66. The molecule has 2 aromatic rings. The van der Waals surface area contributed by atoms with Crippen molar-refractivity contribution in [3.63, 3.8) is 0 Å². The first kappa shape index (κ1) is 23.9. The molecule has 0 aromatic heterocycles. The van der Waals surface area contributed by atoms with Crippen LogP contribution >= 0.6 is 0 Å². The zero-order valence-corrected chi connectivity index (χ0v) is 20.5. The Balaban J connectivity index is 1.76. The van der Waals surface area contributed by atoms with Crippen LogP contribution in [0.5, 0.6) is 23.0 Å². The van der Waals surface area contributed by atoms with Gasteiger partial charge >= 0.3 is 10.1 Å². The minimum atomic E-state index is -4.11. The molecule has 0 bridgehead atoms. The van der Waals surface area contributed by atoms with Crippen LogP contribution in [-0.2, 0) is 29.5 Å². The molecule has 1 unspecified atom stereocenters. The van der Waals surface area contributed by atoms with Gasteiger partial charge in [0.15, 0.2) is 23.0 Å². The fraction of sp³-hybridized carbons (Fsp3) is 0.308. The summed E-state index contributed by atoms with van der Waals surface area (Å²) < 4.78 is 48.0. The predicted octanol–water partition coefficient (Wildman–Crippen LogP) is 4.33. The first-order valence-corrected chi connectivity index (χ1v) is 12.3. The molecule has 8 heteroatoms. The largest absolute Gasteiger partial charge is 0.493 e. The van der Waals surface area contributed by atoms with Gasteiger partial charge in [-0.1, -0.05) is 25.3 Å². The van der Waals surface area contributed by atoms with Crippen LogP contribution in [0, 0.1) is 0 Å². The first-order valence-electron chi connectivity index (χ1n) is 10.9. The third-order valence-electron chi connectivity index (χ3n) is 6.39. The van der Waals surface area contributed by atoms with Gasteiger partial charge in [0.1, 0.15) is 4.91 Å². The van der Waals surface area contributed by atoms with E-state index in [2.05, 4.69) is 30.2 Å². The van der Waals surface area contributed by atoms with Crippen molar-refractivity contribution < 1.29 is 26.8 Å². The average Bonchev–Trinajstić information content (AvgIpc) is 2.85. The number of methoxy groups -OCH3 is 3. The lowest BCUT2D eigenvalue weighted by atomic mass is 9.83. The smallest absolute Gasteiger partial charge is 0.339 e. The van der Waals surface area contributed by atoms with Crippen molar-refractivity contribution in [2.45, 2.75) is 25.4 Å². The van der Waals surface area contributed by atoms with Crippen LogP contribution in [0.25, 0.3) is 0 Å². The molecule has 4 rings (SSSR count). The van der Waals surface area contributed by atoms with E-state index in [9.17, 15) is 8.42 Å². The minimum Gasteiger partial charge on any atom is -0.493 e. The molecule has 2 aliphatic heterocycles. The van der Waals surface area contributed by atoms with Crippen molar-refractivity contribution in [1.29, 1.82) is 0 Å². The molecule has 0 spiro atoms. The van der Waals surface area contributed by atoms with E-state index in [1.165, 1.54) is 36.5 Å². The first-order chi connectivity index (χ1) is 16.4. The zero-order chi connectivity index (χ0) is 24.5. The maximum Gasteiger partial charge on any atom is 0.339 e. The fourth-order valence-electron chi connectivity index (χ4n) is 4.71. The van der Waals surface area contributed by atoms with Gasteiger partial charge in [-0.3, -0.25) is 4.90 Å². The number of rotatable bonds is 8. The monoisotopic (exact) mass is 483 g/mol. The van der Waals surface area contributed by atoms with Crippen LogP contribution in [0.3, 0.4) is 0 Å². The number of ether oxygens (including phenoxy) is 3. The van der Waals surface area contributed by atoms with Crippen LogP contribution in [0.2, 0.25) is 0 Å². The Bertz CT molecular complexity index is 1260. The van der Waals surface area contributed by atoms with E-state index in [0.717, 1.165) is 29.8 Å². The Morgan fingerprint density at radius 3 is 2.38 bits per heavy atom. The molecule has 2 heterocycles. The van der Waals surface area contributed by atoms with E-state index in [1.807, 2.05) is 6.07 Å². The molecule has 0 amide bonds. The molecule has 7 nitrogen and oxygen atoms in total. The summed E-state index contributed by atoms with van der Waals surface area (Å²) in [5, 5.41) is 0. The summed E-state index contributed by atoms with van der Waals surface area (Å²) >= 11 is 0. The molecule has 0 fully saturated rings. The number of benzene rings is 2. The molecule has 180 valence electrons. The van der Waals surface area contributed by atoms with Crippen LogP contribution < -0.4 is 18.4 Å². The van der Waals surface area contributed by atoms with Gasteiger partial charge < -0.3 is 18.4 Å². The van der Waals surface area contributed by atoms with Gasteiger partial charge in [0.05, 0.1) is 21.3 Å². The summed E-state index contributed by atoms with van der Waals surface area (Å²) in [6, 6.07) is 7.98. The lowest BCUT2D eigenvalue weighted by molar-refractivity contribution is 0.158. The highest BCUT2D eigenvalue weighted by Crippen LogP contribution is 2.46. The van der Waals surface area contributed by atoms with Crippen molar-refractivity contribution in [2.24, 2.45) is 0 Å². The third kappa shape index (κ3) is 4.19. The number of allylic oxidation sites excluding steroid dienone is 3. The molecule has 1 atom stereocenters. The predicted molar refractivity (Wildman–Crippen MR) is 131 cm³/mol. The zero-order valence-electron chi connectivity index (χ0n) is 19.7. The normalized spacial score (nSPS) is 17.6. The highest BCUT2D eigenvalue weighted by atomic mass is 32.2. The van der Waals surface area contributed by atoms with Gasteiger partial charge in [-0.15, -0.1) is 0 Å². The quantitative estimate of drug-likeness (QED) is 0.409. The Hall–Kier alpha value is -3.23. The Kier molecular flexibility index (Phi) is 6.72. The summed E-state index contributed by atoms with van der Waals surface area (Å²) in [5.74, 6) is 2.01. The van der Waals surface area contributed by atoms with E-state index in [4.69, 9.17) is 18.4 Å². The number of hydrogen-bond acceptors (Lipinski definition) is 7. The summed E-state index contributed by atoms with van der Waals surface area (Å²) in [4.78, 5) is 2.27. The van der Waals surface area contributed by atoms with Crippen molar-refractivity contribution in [3.8, 4) is 23.0 Å². The summed E-state index contributed by atoms with van der Waals surface area (Å²) in [7, 11) is 0.667. The lowest BCUT2D eigenvalue weighted by Gasteiger charge is -2.42. The minimum absolute atomic E-state index is 0.0659. The second-order valence-corrected chi connectivity index (χ2v) is 9.67. The van der Waals surface area contributed by atoms with Crippen LogP contribution in [0.15, 0.2) is 60.6 Å². The highest BCUT2D eigenvalue weighted by Gasteiger charge is 2.36. The van der Waals surface area contributed by atoms with Gasteiger partial charge in [0, 0.05) is 24.7 Å². The van der Waals surface area contributed by atoms with Gasteiger partial charge in [-0.25, -0.2) is 0 Å². The molecule has 0 saturated carbocycles. The van der Waals surface area contributed by atoms with Gasteiger partial charge in [0.25, 0.3) is 0 Å². The van der Waals surface area contributed by atoms with Crippen LogP contribution in [0.1, 0.15) is 28.3 Å². The molecule has 0 radical (unpaired) electrons. The van der Waals surface area contributed by atoms with Crippen LogP contribution in [0.4, 0.5) is 0 Å². The van der Waals surface area contributed by atoms with Gasteiger partial charge in [-0.05, 0) is 59.9 Å². The Morgan fingerprint density at radius 2 is 1.74 bits per heavy atom. The Morgan fingerprint density at radius 1 is 1.03 bits per heavy atom. The summed E-state index contributed by atoms with van der Waals surface area (Å²) in [5.41, 5.74) is 4.26. The highest BCUT2D eigenvalue weighted by molar-refractivity contribution is 7.91. The molecule has 0 N–H and O–H groups in total. The SMILES string of the molecule is C=C/C=C(\C=C)S(=O)(=O)Oc1c(OC)ccc2c1CN1CCc3cc(OC)c(OC)cc3C1C2. The second-order valence-electron chi connectivity index (χ2n) is 8.13. The molecule has 2 aliphatic rings. The van der Waals surface area contributed by atoms with Crippen LogP contribution in [-0.4, -0.2) is 41.2 Å². The van der Waals surface area contributed by atoms with Crippen molar-refractivity contribution in [1.82, 2.24) is 4.90 Å². The lowest BCUT2D eigenvalue weighted by Crippen LogP contribution is -2.39. The summed E-state index contributed by atoms with van der Waals surface area (Å²) in [6.07, 6.45) is 5.52. The number of hydrogen-bond donors (Lipinski definition) is 0. The maximum atomic E-state index is 12.9. The van der Waals surface area contributed by atoms with Gasteiger partial charge in [0.2, 0.25) is 0 Å². The number of nitrogens with zero attached hydrogens (tertiary/aromatic N) is 1. The molecule has 0 saturated heterocycles. The molecule has 2 aromatic carbocycles. The van der Waals surface area contributed by atoms with E-state index < -0.39 is 10.1 Å². The molecular weight excluding hydrogens is 454 g/mol. The average molecular weight is 484 g/mol.